The van der Waals surface area contributed by atoms with E-state index >= 15 is 0 Å². The molecule has 112 valence electrons. The molecule has 1 aromatic carbocycles. The van der Waals surface area contributed by atoms with Crippen LogP contribution < -0.4 is 10.1 Å². The van der Waals surface area contributed by atoms with E-state index in [1.807, 2.05) is 31.2 Å². The van der Waals surface area contributed by atoms with Crippen molar-refractivity contribution in [3.05, 3.63) is 35.5 Å². The first-order chi connectivity index (χ1) is 10.2. The molecule has 2 aromatic rings. The molecule has 1 N–H and O–H groups in total. The minimum Gasteiger partial charge on any atom is -0.497 e. The van der Waals surface area contributed by atoms with E-state index in [1.165, 1.54) is 0 Å². The lowest BCUT2D eigenvalue weighted by atomic mass is 10.1. The number of fused-ring (bicyclic) bond motifs is 1. The van der Waals surface area contributed by atoms with Crippen LogP contribution in [-0.4, -0.2) is 24.5 Å². The summed E-state index contributed by atoms with van der Waals surface area (Å²) < 4.78 is 5.22. The molecule has 1 heterocycles. The Bertz CT molecular complexity index is 638. The van der Waals surface area contributed by atoms with Crippen LogP contribution in [0.4, 0.5) is 0 Å². The smallest absolute Gasteiger partial charge is 0.253 e. The van der Waals surface area contributed by atoms with Crippen LogP contribution in [0.3, 0.4) is 0 Å². The molecule has 0 aliphatic heterocycles. The number of carbonyl (C=O) groups excluding carboxylic acids is 1. The van der Waals surface area contributed by atoms with Gasteiger partial charge in [-0.05, 0) is 37.6 Å². The number of hydrogen-bond donors (Lipinski definition) is 1. The Kier molecular flexibility index (Phi) is 5.14. The zero-order chi connectivity index (χ0) is 15.2. The first-order valence-corrected chi connectivity index (χ1v) is 7.39. The number of rotatable bonds is 6. The quantitative estimate of drug-likeness (QED) is 0.827. The van der Waals surface area contributed by atoms with E-state index in [0.717, 1.165) is 41.6 Å². The minimum atomic E-state index is -0.0548. The molecule has 1 amide bonds. The topological polar surface area (TPSA) is 51.2 Å². The van der Waals surface area contributed by atoms with Gasteiger partial charge in [-0.25, -0.2) is 0 Å². The molecule has 0 fully saturated rings. The van der Waals surface area contributed by atoms with Crippen molar-refractivity contribution in [2.24, 2.45) is 0 Å². The van der Waals surface area contributed by atoms with Gasteiger partial charge in [0, 0.05) is 11.9 Å². The highest BCUT2D eigenvalue weighted by Crippen LogP contribution is 2.21. The second kappa shape index (κ2) is 7.07. The van der Waals surface area contributed by atoms with Gasteiger partial charge in [0.25, 0.3) is 5.91 Å². The summed E-state index contributed by atoms with van der Waals surface area (Å²) >= 11 is 0. The number of benzene rings is 1. The molecule has 0 spiro atoms. The van der Waals surface area contributed by atoms with Crippen LogP contribution in [0.2, 0.25) is 0 Å². The average Bonchev–Trinajstić information content (AvgIpc) is 2.50. The number of nitrogens with one attached hydrogen (secondary N) is 1. The fourth-order valence-electron chi connectivity index (χ4n) is 2.28. The molecule has 1 aromatic heterocycles. The molecule has 0 atom stereocenters. The van der Waals surface area contributed by atoms with Crippen molar-refractivity contribution in [1.29, 1.82) is 0 Å². The van der Waals surface area contributed by atoms with Gasteiger partial charge < -0.3 is 10.1 Å². The first-order valence-electron chi connectivity index (χ1n) is 7.39. The number of carbonyl (C=O) groups is 1. The average molecular weight is 286 g/mol. The molecule has 4 heteroatoms. The van der Waals surface area contributed by atoms with Gasteiger partial charge in [-0.2, -0.15) is 0 Å². The molecule has 0 aliphatic rings. The van der Waals surface area contributed by atoms with Crippen molar-refractivity contribution >= 4 is 16.8 Å². The van der Waals surface area contributed by atoms with Crippen LogP contribution in [-0.2, 0) is 0 Å². The van der Waals surface area contributed by atoms with E-state index < -0.39 is 0 Å². The summed E-state index contributed by atoms with van der Waals surface area (Å²) in [5.41, 5.74) is 2.25. The van der Waals surface area contributed by atoms with Crippen molar-refractivity contribution in [1.82, 2.24) is 10.3 Å². The standard InChI is InChI=1S/C17H22N2O2/c1-4-5-6-9-18-17(20)15-11-13-10-14(21-3)7-8-16(13)19-12(15)2/h7-8,10-11H,4-6,9H2,1-3H3,(H,18,20). The highest BCUT2D eigenvalue weighted by molar-refractivity contribution is 5.98. The van der Waals surface area contributed by atoms with Crippen molar-refractivity contribution in [3.8, 4) is 5.75 Å². The molecule has 0 saturated heterocycles. The summed E-state index contributed by atoms with van der Waals surface area (Å²) in [5, 5.41) is 3.87. The lowest BCUT2D eigenvalue weighted by molar-refractivity contribution is 0.0952. The largest absolute Gasteiger partial charge is 0.497 e. The molecule has 21 heavy (non-hydrogen) atoms. The van der Waals surface area contributed by atoms with E-state index in [-0.39, 0.29) is 5.91 Å². The number of hydrogen-bond acceptors (Lipinski definition) is 3. The summed E-state index contributed by atoms with van der Waals surface area (Å²) in [6, 6.07) is 7.56. The second-order valence-corrected chi connectivity index (χ2v) is 5.14. The number of aromatic nitrogens is 1. The Morgan fingerprint density at radius 2 is 2.10 bits per heavy atom. The lowest BCUT2D eigenvalue weighted by Gasteiger charge is -2.09. The van der Waals surface area contributed by atoms with Crippen molar-refractivity contribution in [2.45, 2.75) is 33.1 Å². The molecule has 0 bridgehead atoms. The Morgan fingerprint density at radius 3 is 2.81 bits per heavy atom. The van der Waals surface area contributed by atoms with Crippen LogP contribution >= 0.6 is 0 Å². The Labute approximate surface area is 125 Å². The molecular weight excluding hydrogens is 264 g/mol. The van der Waals surface area contributed by atoms with Crippen molar-refractivity contribution in [2.75, 3.05) is 13.7 Å². The Hall–Kier alpha value is -2.10. The zero-order valence-electron chi connectivity index (χ0n) is 12.9. The summed E-state index contributed by atoms with van der Waals surface area (Å²) in [7, 11) is 1.63. The normalized spacial score (nSPS) is 10.6. The van der Waals surface area contributed by atoms with E-state index in [4.69, 9.17) is 4.74 Å². The van der Waals surface area contributed by atoms with Gasteiger partial charge in [-0.3, -0.25) is 9.78 Å². The van der Waals surface area contributed by atoms with Gasteiger partial charge in [-0.15, -0.1) is 0 Å². The minimum absolute atomic E-state index is 0.0548. The van der Waals surface area contributed by atoms with Crippen molar-refractivity contribution in [3.63, 3.8) is 0 Å². The highest BCUT2D eigenvalue weighted by Gasteiger charge is 2.11. The molecular formula is C17H22N2O2. The highest BCUT2D eigenvalue weighted by atomic mass is 16.5. The van der Waals surface area contributed by atoms with E-state index in [2.05, 4.69) is 17.2 Å². The number of aryl methyl sites for hydroxylation is 1. The lowest BCUT2D eigenvalue weighted by Crippen LogP contribution is -2.25. The SMILES string of the molecule is CCCCCNC(=O)c1cc2cc(OC)ccc2nc1C. The maximum Gasteiger partial charge on any atom is 0.253 e. The number of nitrogens with zero attached hydrogens (tertiary/aromatic N) is 1. The number of ether oxygens (including phenoxy) is 1. The molecule has 2 rings (SSSR count). The summed E-state index contributed by atoms with van der Waals surface area (Å²) in [6.07, 6.45) is 3.29. The van der Waals surface area contributed by atoms with Crippen LogP contribution in [0.5, 0.6) is 5.75 Å². The maximum atomic E-state index is 12.2. The van der Waals surface area contributed by atoms with Gasteiger partial charge in [0.1, 0.15) is 5.75 Å². The molecule has 4 nitrogen and oxygen atoms in total. The second-order valence-electron chi connectivity index (χ2n) is 5.14. The first kappa shape index (κ1) is 15.3. The van der Waals surface area contributed by atoms with Crippen molar-refractivity contribution < 1.29 is 9.53 Å². The number of pyridine rings is 1. The summed E-state index contributed by atoms with van der Waals surface area (Å²) in [5.74, 6) is 0.711. The summed E-state index contributed by atoms with van der Waals surface area (Å²) in [4.78, 5) is 16.7. The van der Waals surface area contributed by atoms with E-state index in [1.54, 1.807) is 7.11 Å². The van der Waals surface area contributed by atoms with Gasteiger partial charge in [0.15, 0.2) is 0 Å². The monoisotopic (exact) mass is 286 g/mol. The molecule has 0 unspecified atom stereocenters. The van der Waals surface area contributed by atoms with Gasteiger partial charge in [-0.1, -0.05) is 19.8 Å². The Balaban J connectivity index is 2.22. The third kappa shape index (κ3) is 3.72. The van der Waals surface area contributed by atoms with Crippen LogP contribution in [0.1, 0.15) is 42.2 Å². The molecule has 0 aliphatic carbocycles. The summed E-state index contributed by atoms with van der Waals surface area (Å²) in [6.45, 7) is 4.72. The van der Waals surface area contributed by atoms with Gasteiger partial charge in [0.05, 0.1) is 23.9 Å². The van der Waals surface area contributed by atoms with Crippen LogP contribution in [0.25, 0.3) is 10.9 Å². The van der Waals surface area contributed by atoms with E-state index in [9.17, 15) is 4.79 Å². The fraction of sp³-hybridized carbons (Fsp3) is 0.412. The predicted octanol–water partition coefficient (Wildman–Crippen LogP) is 3.47. The maximum absolute atomic E-state index is 12.2. The Morgan fingerprint density at radius 1 is 1.29 bits per heavy atom. The van der Waals surface area contributed by atoms with Crippen LogP contribution in [0.15, 0.2) is 24.3 Å². The van der Waals surface area contributed by atoms with Gasteiger partial charge >= 0.3 is 0 Å². The van der Waals surface area contributed by atoms with Crippen LogP contribution in [0, 0.1) is 6.92 Å². The molecule has 0 radical (unpaired) electrons. The fourth-order valence-corrected chi connectivity index (χ4v) is 2.28. The predicted molar refractivity (Wildman–Crippen MR) is 84.9 cm³/mol. The number of amides is 1. The third-order valence-corrected chi connectivity index (χ3v) is 3.52. The molecule has 0 saturated carbocycles. The number of unbranched alkanes of at least 4 members (excludes halogenated alkanes) is 2. The number of methoxy groups -OCH3 is 1. The van der Waals surface area contributed by atoms with Gasteiger partial charge in [0.2, 0.25) is 0 Å². The third-order valence-electron chi connectivity index (χ3n) is 3.52. The zero-order valence-corrected chi connectivity index (χ0v) is 12.9. The van der Waals surface area contributed by atoms with E-state index in [0.29, 0.717) is 12.1 Å².